The van der Waals surface area contributed by atoms with Crippen LogP contribution in [0, 0.1) is 5.92 Å². The number of methoxy groups -OCH3 is 2. The molecule has 10 nitrogen and oxygen atoms in total. The highest BCUT2D eigenvalue weighted by molar-refractivity contribution is 6.30. The van der Waals surface area contributed by atoms with Crippen molar-refractivity contribution >= 4 is 36.4 Å². The van der Waals surface area contributed by atoms with Crippen molar-refractivity contribution in [3.05, 3.63) is 101 Å². The first-order valence-corrected chi connectivity index (χ1v) is 14.2. The van der Waals surface area contributed by atoms with Crippen molar-refractivity contribution in [3.63, 3.8) is 0 Å². The van der Waals surface area contributed by atoms with E-state index in [0.717, 1.165) is 69.0 Å². The Labute approximate surface area is 253 Å². The van der Waals surface area contributed by atoms with Gasteiger partial charge in [-0.25, -0.2) is 0 Å². The van der Waals surface area contributed by atoms with Gasteiger partial charge in [-0.2, -0.15) is 0 Å². The molecule has 0 bridgehead atoms. The monoisotopic (exact) mass is 579 g/mol. The van der Waals surface area contributed by atoms with E-state index >= 15 is 0 Å². The molecular formula is C32H38BN7O3+. The average Bonchev–Trinajstić information content (AvgIpc) is 3.60. The molecule has 2 aliphatic heterocycles. The lowest BCUT2D eigenvalue weighted by Crippen LogP contribution is -2.37. The first-order chi connectivity index (χ1) is 20.8. The van der Waals surface area contributed by atoms with Gasteiger partial charge in [0, 0.05) is 47.4 Å². The van der Waals surface area contributed by atoms with Crippen LogP contribution in [0.2, 0.25) is 0 Å². The number of carbonyl (C=O) groups is 1. The summed E-state index contributed by atoms with van der Waals surface area (Å²) in [4.78, 5) is 11.6. The fourth-order valence-corrected chi connectivity index (χ4v) is 5.25. The summed E-state index contributed by atoms with van der Waals surface area (Å²) in [5.41, 5.74) is 9.59. The number of allylic oxidation sites excluding steroid dienone is 2. The van der Waals surface area contributed by atoms with E-state index in [4.69, 9.17) is 15.3 Å². The molecule has 0 fully saturated rings. The molecule has 3 heterocycles. The summed E-state index contributed by atoms with van der Waals surface area (Å²) in [7, 11) is 5.39. The SMILES string of the molecule is COc1ccc(OC)c(CNC2=[N+]3[B]n4c(NC=C(CC(C)C)NN)ccc4C(c4ccc(NC(C)=O)cc4)=C3C=C2)c1. The van der Waals surface area contributed by atoms with Crippen molar-refractivity contribution in [1.29, 1.82) is 0 Å². The zero-order valence-corrected chi connectivity index (χ0v) is 25.2. The molecule has 0 saturated heterocycles. The lowest BCUT2D eigenvalue weighted by Gasteiger charge is -2.22. The second-order valence-corrected chi connectivity index (χ2v) is 10.8. The van der Waals surface area contributed by atoms with Crippen LogP contribution in [0.25, 0.3) is 5.57 Å². The van der Waals surface area contributed by atoms with Gasteiger partial charge in [0.1, 0.15) is 29.6 Å². The Morgan fingerprint density at radius 2 is 1.86 bits per heavy atom. The zero-order valence-electron chi connectivity index (χ0n) is 25.2. The minimum atomic E-state index is -0.105. The number of hydrogen-bond acceptors (Lipinski definition) is 7. The van der Waals surface area contributed by atoms with Gasteiger partial charge in [0.2, 0.25) is 5.91 Å². The van der Waals surface area contributed by atoms with Gasteiger partial charge in [0.05, 0.1) is 14.2 Å². The molecule has 2 aromatic carbocycles. The molecule has 1 radical (unpaired) electrons. The number of nitrogens with zero attached hydrogens (tertiary/aromatic N) is 2. The largest absolute Gasteiger partial charge is 0.553 e. The molecule has 0 spiro atoms. The van der Waals surface area contributed by atoms with Crippen LogP contribution in [0.5, 0.6) is 11.5 Å². The normalized spacial score (nSPS) is 13.9. The maximum Gasteiger partial charge on any atom is 0.553 e. The Balaban J connectivity index is 1.54. The molecule has 0 atom stereocenters. The summed E-state index contributed by atoms with van der Waals surface area (Å²) in [6.07, 6.45) is 6.92. The third-order valence-electron chi connectivity index (χ3n) is 7.23. The summed E-state index contributed by atoms with van der Waals surface area (Å²) < 4.78 is 15.3. The number of nitrogens with two attached hydrogens (primary N) is 1. The van der Waals surface area contributed by atoms with Gasteiger partial charge < -0.3 is 30.0 Å². The van der Waals surface area contributed by atoms with E-state index in [1.54, 1.807) is 14.2 Å². The van der Waals surface area contributed by atoms with Gasteiger partial charge in [-0.05, 0) is 66.4 Å². The lowest BCUT2D eigenvalue weighted by atomic mass is 9.92. The van der Waals surface area contributed by atoms with Crippen LogP contribution in [-0.2, 0) is 11.3 Å². The predicted molar refractivity (Wildman–Crippen MR) is 172 cm³/mol. The van der Waals surface area contributed by atoms with Gasteiger partial charge in [0.25, 0.3) is 5.84 Å². The first-order valence-electron chi connectivity index (χ1n) is 14.2. The number of aromatic nitrogens is 1. The lowest BCUT2D eigenvalue weighted by molar-refractivity contribution is -0.315. The molecule has 5 rings (SSSR count). The van der Waals surface area contributed by atoms with E-state index < -0.39 is 0 Å². The number of fused-ring (bicyclic) bond motifs is 2. The fourth-order valence-electron chi connectivity index (χ4n) is 5.25. The zero-order chi connectivity index (χ0) is 30.5. The summed E-state index contributed by atoms with van der Waals surface area (Å²) in [5, 5.41) is 9.88. The van der Waals surface area contributed by atoms with Crippen molar-refractivity contribution in [2.24, 2.45) is 11.8 Å². The fraction of sp³-hybridized carbons (Fsp3) is 0.250. The van der Waals surface area contributed by atoms with E-state index in [0.29, 0.717) is 12.5 Å². The molecule has 0 unspecified atom stereocenters. The van der Waals surface area contributed by atoms with Crippen molar-refractivity contribution in [1.82, 2.24) is 15.2 Å². The summed E-state index contributed by atoms with van der Waals surface area (Å²) in [5.74, 6) is 9.50. The van der Waals surface area contributed by atoms with Crippen molar-refractivity contribution in [2.45, 2.75) is 33.7 Å². The van der Waals surface area contributed by atoms with Crippen LogP contribution in [-0.4, -0.2) is 42.5 Å². The first kappa shape index (κ1) is 29.6. The van der Waals surface area contributed by atoms with E-state index in [1.165, 1.54) is 6.92 Å². The van der Waals surface area contributed by atoms with Crippen LogP contribution in [0.4, 0.5) is 11.5 Å². The Morgan fingerprint density at radius 3 is 2.53 bits per heavy atom. The number of hydrogen-bond donors (Lipinski definition) is 5. The molecule has 3 aromatic rings. The number of carbonyl (C=O) groups excluding carboxylic acids is 1. The quantitative estimate of drug-likeness (QED) is 0.132. The second-order valence-electron chi connectivity index (χ2n) is 10.8. The highest BCUT2D eigenvalue weighted by Gasteiger charge is 2.34. The topological polar surface area (TPSA) is 118 Å². The van der Waals surface area contributed by atoms with Gasteiger partial charge in [0.15, 0.2) is 0 Å². The third kappa shape index (κ3) is 6.46. The van der Waals surface area contributed by atoms with Gasteiger partial charge in [-0.1, -0.05) is 26.0 Å². The highest BCUT2D eigenvalue weighted by Crippen LogP contribution is 2.36. The predicted octanol–water partition coefficient (Wildman–Crippen LogP) is 4.15. The number of nitrogens with one attached hydrogen (secondary N) is 4. The van der Waals surface area contributed by atoms with Gasteiger partial charge in [-0.3, -0.25) is 20.4 Å². The molecular weight excluding hydrogens is 541 g/mol. The molecule has 0 aliphatic carbocycles. The van der Waals surface area contributed by atoms with Crippen molar-refractivity contribution in [2.75, 3.05) is 24.9 Å². The Morgan fingerprint density at radius 1 is 1.07 bits per heavy atom. The standard InChI is InChI=1S/C32H38BN7O3/c1-20(2)16-25(38-34)19-36-31-15-12-28-32(22-6-8-24(9-7-22)37-21(3)41)27-11-14-30(39(27)33-40(28)31)35-18-23-17-26(42-4)10-13-29(23)43-5/h6-15,17,19-20,35-36,38H,16,18,34H2,1-5H3,(H,37,41)/q+1. The van der Waals surface area contributed by atoms with E-state index in [2.05, 4.69) is 76.0 Å². The average molecular weight is 580 g/mol. The third-order valence-corrected chi connectivity index (χ3v) is 7.23. The molecule has 2 aliphatic rings. The van der Waals surface area contributed by atoms with Crippen molar-refractivity contribution in [3.8, 4) is 11.5 Å². The van der Waals surface area contributed by atoms with Crippen LogP contribution < -0.4 is 36.7 Å². The Kier molecular flexibility index (Phi) is 8.92. The van der Waals surface area contributed by atoms with E-state index in [1.807, 2.05) is 48.7 Å². The number of benzene rings is 2. The maximum atomic E-state index is 11.6. The minimum Gasteiger partial charge on any atom is -0.497 e. The van der Waals surface area contributed by atoms with Crippen LogP contribution in [0.1, 0.15) is 44.0 Å². The van der Waals surface area contributed by atoms with Crippen LogP contribution >= 0.6 is 0 Å². The number of rotatable bonds is 11. The number of amidine groups is 1. The van der Waals surface area contributed by atoms with Crippen molar-refractivity contribution < 1.29 is 18.8 Å². The van der Waals surface area contributed by atoms with Gasteiger partial charge in [-0.15, -0.1) is 0 Å². The molecule has 43 heavy (non-hydrogen) atoms. The maximum absolute atomic E-state index is 11.6. The Bertz CT molecular complexity index is 1630. The van der Waals surface area contributed by atoms with Crippen LogP contribution in [0.15, 0.2) is 84.3 Å². The number of amides is 1. The highest BCUT2D eigenvalue weighted by atomic mass is 16.5. The second kappa shape index (κ2) is 13.0. The molecule has 6 N–H and O–H groups in total. The molecule has 1 aromatic heterocycles. The molecule has 1 amide bonds. The van der Waals surface area contributed by atoms with E-state index in [9.17, 15) is 4.79 Å². The van der Waals surface area contributed by atoms with Crippen LogP contribution in [0.3, 0.4) is 0 Å². The minimum absolute atomic E-state index is 0.105. The van der Waals surface area contributed by atoms with Gasteiger partial charge >= 0.3 is 7.55 Å². The summed E-state index contributed by atoms with van der Waals surface area (Å²) in [6.45, 7) is 6.34. The molecule has 221 valence electrons. The Hall–Kier alpha value is -4.90. The number of anilines is 2. The summed E-state index contributed by atoms with van der Waals surface area (Å²) in [6, 6.07) is 17.8. The number of hydrazine groups is 1. The molecule has 0 saturated carbocycles. The summed E-state index contributed by atoms with van der Waals surface area (Å²) >= 11 is 0. The number of ether oxygens (including phenoxy) is 2. The smallest absolute Gasteiger partial charge is 0.497 e. The molecule has 11 heteroatoms. The van der Waals surface area contributed by atoms with E-state index in [-0.39, 0.29) is 5.91 Å².